The van der Waals surface area contributed by atoms with E-state index >= 15 is 0 Å². The van der Waals surface area contributed by atoms with Crippen molar-refractivity contribution in [2.75, 3.05) is 26.2 Å². The van der Waals surface area contributed by atoms with Crippen molar-refractivity contribution < 1.29 is 4.74 Å². The average molecular weight is 250 g/mol. The molecule has 3 nitrogen and oxygen atoms in total. The van der Waals surface area contributed by atoms with Gasteiger partial charge in [0, 0.05) is 25.2 Å². The van der Waals surface area contributed by atoms with Crippen LogP contribution in [-0.2, 0) is 4.74 Å². The molecule has 2 saturated carbocycles. The van der Waals surface area contributed by atoms with E-state index in [1.54, 1.807) is 0 Å². The molecule has 0 radical (unpaired) electrons. The summed E-state index contributed by atoms with van der Waals surface area (Å²) >= 11 is 0. The fourth-order valence-corrected chi connectivity index (χ4v) is 3.91. The van der Waals surface area contributed by atoms with Crippen molar-refractivity contribution in [1.82, 2.24) is 10.2 Å². The third-order valence-corrected chi connectivity index (χ3v) is 5.30. The van der Waals surface area contributed by atoms with Gasteiger partial charge < -0.3 is 10.1 Å². The van der Waals surface area contributed by atoms with Crippen molar-refractivity contribution in [3.8, 4) is 0 Å². The summed E-state index contributed by atoms with van der Waals surface area (Å²) in [6.45, 7) is 4.53. The van der Waals surface area contributed by atoms with E-state index in [-0.39, 0.29) is 0 Å². The van der Waals surface area contributed by atoms with E-state index < -0.39 is 0 Å². The fraction of sp³-hybridized carbons (Fsp3) is 1.00. The van der Waals surface area contributed by atoms with Crippen molar-refractivity contribution in [3.63, 3.8) is 0 Å². The molecule has 0 aromatic heterocycles. The van der Waals surface area contributed by atoms with Crippen molar-refractivity contribution >= 4 is 0 Å². The Morgan fingerprint density at radius 2 is 1.89 bits per heavy atom. The number of morpholine rings is 1. The molecule has 4 aliphatic rings. The van der Waals surface area contributed by atoms with Gasteiger partial charge in [0.25, 0.3) is 0 Å². The molecule has 2 unspecified atom stereocenters. The van der Waals surface area contributed by atoms with Gasteiger partial charge in [-0.15, -0.1) is 0 Å². The zero-order chi connectivity index (χ0) is 11.9. The van der Waals surface area contributed by atoms with Crippen LogP contribution < -0.4 is 5.32 Å². The number of rotatable bonds is 5. The maximum atomic E-state index is 6.04. The second-order valence-corrected chi connectivity index (χ2v) is 6.86. The third-order valence-electron chi connectivity index (χ3n) is 5.30. The molecule has 3 heteroatoms. The minimum atomic E-state index is 0.444. The number of hydrogen-bond acceptors (Lipinski definition) is 3. The predicted molar refractivity (Wildman–Crippen MR) is 71.6 cm³/mol. The van der Waals surface area contributed by atoms with Crippen LogP contribution in [0.2, 0.25) is 0 Å². The maximum Gasteiger partial charge on any atom is 0.0827 e. The van der Waals surface area contributed by atoms with E-state index in [1.165, 1.54) is 51.6 Å². The number of hydrogen-bond donors (Lipinski definition) is 1. The van der Waals surface area contributed by atoms with Gasteiger partial charge in [0.1, 0.15) is 0 Å². The zero-order valence-corrected chi connectivity index (χ0v) is 11.3. The third kappa shape index (κ3) is 2.45. The molecule has 2 aliphatic heterocycles. The minimum Gasteiger partial charge on any atom is -0.374 e. The second kappa shape index (κ2) is 4.77. The van der Waals surface area contributed by atoms with Gasteiger partial charge in [-0.05, 0) is 56.9 Å². The topological polar surface area (TPSA) is 24.5 Å². The first-order valence-electron chi connectivity index (χ1n) is 7.99. The Balaban J connectivity index is 1.26. The summed E-state index contributed by atoms with van der Waals surface area (Å²) in [6, 6.07) is 1.56. The highest BCUT2D eigenvalue weighted by Gasteiger charge is 2.41. The van der Waals surface area contributed by atoms with Crippen LogP contribution in [0.5, 0.6) is 0 Å². The second-order valence-electron chi connectivity index (χ2n) is 6.86. The Hall–Kier alpha value is -0.120. The van der Waals surface area contributed by atoms with Crippen molar-refractivity contribution in [2.45, 2.75) is 56.7 Å². The zero-order valence-electron chi connectivity index (χ0n) is 11.3. The lowest BCUT2D eigenvalue weighted by Gasteiger charge is -2.36. The quantitative estimate of drug-likeness (QED) is 0.802. The van der Waals surface area contributed by atoms with Crippen LogP contribution in [-0.4, -0.2) is 49.3 Å². The Morgan fingerprint density at radius 3 is 2.61 bits per heavy atom. The number of nitrogens with one attached hydrogen (secondary N) is 1. The van der Waals surface area contributed by atoms with E-state index in [2.05, 4.69) is 10.2 Å². The van der Waals surface area contributed by atoms with Gasteiger partial charge in [0.15, 0.2) is 0 Å². The largest absolute Gasteiger partial charge is 0.374 e. The number of nitrogens with zero attached hydrogens (tertiary/aromatic N) is 1. The maximum absolute atomic E-state index is 6.04. The SMILES string of the molecule is C1CC2COC(CNC(C3CC3)C3CC3)CN2C1. The fourth-order valence-electron chi connectivity index (χ4n) is 3.91. The lowest BCUT2D eigenvalue weighted by molar-refractivity contribution is -0.0483. The van der Waals surface area contributed by atoms with Gasteiger partial charge in [0.05, 0.1) is 12.7 Å². The molecule has 0 aromatic rings. The molecule has 0 amide bonds. The van der Waals surface area contributed by atoms with Crippen LogP contribution >= 0.6 is 0 Å². The number of fused-ring (bicyclic) bond motifs is 1. The Bertz CT molecular complexity index is 289. The van der Waals surface area contributed by atoms with Gasteiger partial charge in [0.2, 0.25) is 0 Å². The first kappa shape index (κ1) is 11.7. The van der Waals surface area contributed by atoms with Crippen LogP contribution in [0.25, 0.3) is 0 Å². The van der Waals surface area contributed by atoms with Crippen LogP contribution in [0.15, 0.2) is 0 Å². The van der Waals surface area contributed by atoms with E-state index in [0.717, 1.165) is 37.1 Å². The van der Waals surface area contributed by atoms with Gasteiger partial charge in [-0.1, -0.05) is 0 Å². The average Bonchev–Trinajstić information content (AvgIpc) is 3.29. The van der Waals surface area contributed by atoms with Gasteiger partial charge in [-0.2, -0.15) is 0 Å². The lowest BCUT2D eigenvalue weighted by atomic mass is 10.1. The van der Waals surface area contributed by atoms with Crippen molar-refractivity contribution in [1.29, 1.82) is 0 Å². The Kier molecular flexibility index (Phi) is 3.10. The molecule has 2 aliphatic carbocycles. The van der Waals surface area contributed by atoms with E-state index in [4.69, 9.17) is 4.74 Å². The summed E-state index contributed by atoms with van der Waals surface area (Å²) in [6.07, 6.45) is 9.04. The monoisotopic (exact) mass is 250 g/mol. The summed E-state index contributed by atoms with van der Waals surface area (Å²) in [5.74, 6) is 2.00. The molecule has 2 atom stereocenters. The molecule has 1 N–H and O–H groups in total. The summed E-state index contributed by atoms with van der Waals surface area (Å²) in [4.78, 5) is 2.65. The summed E-state index contributed by atoms with van der Waals surface area (Å²) in [5, 5.41) is 3.84. The lowest BCUT2D eigenvalue weighted by Crippen LogP contribution is -2.51. The van der Waals surface area contributed by atoms with Gasteiger partial charge >= 0.3 is 0 Å². The van der Waals surface area contributed by atoms with E-state index in [1.807, 2.05) is 0 Å². The predicted octanol–water partition coefficient (Wildman–Crippen LogP) is 1.63. The van der Waals surface area contributed by atoms with Crippen molar-refractivity contribution in [3.05, 3.63) is 0 Å². The molecule has 0 spiro atoms. The minimum absolute atomic E-state index is 0.444. The molecule has 4 fully saturated rings. The molecule has 102 valence electrons. The number of ether oxygens (including phenoxy) is 1. The molecule has 2 saturated heterocycles. The first-order chi connectivity index (χ1) is 8.90. The van der Waals surface area contributed by atoms with Crippen LogP contribution in [0.3, 0.4) is 0 Å². The molecule has 18 heavy (non-hydrogen) atoms. The molecule has 0 bridgehead atoms. The summed E-state index contributed by atoms with van der Waals surface area (Å²) < 4.78 is 6.04. The molecule has 0 aromatic carbocycles. The van der Waals surface area contributed by atoms with Crippen LogP contribution in [0, 0.1) is 11.8 Å². The Morgan fingerprint density at radius 1 is 1.11 bits per heavy atom. The Labute approximate surface area is 110 Å². The van der Waals surface area contributed by atoms with Gasteiger partial charge in [-0.25, -0.2) is 0 Å². The smallest absolute Gasteiger partial charge is 0.0827 e. The van der Waals surface area contributed by atoms with Gasteiger partial charge in [-0.3, -0.25) is 4.90 Å². The normalized spacial score (nSPS) is 37.2. The highest BCUT2D eigenvalue weighted by molar-refractivity contribution is 4.97. The highest BCUT2D eigenvalue weighted by Crippen LogP contribution is 2.44. The molecular formula is C15H26N2O. The highest BCUT2D eigenvalue weighted by atomic mass is 16.5. The van der Waals surface area contributed by atoms with E-state index in [0.29, 0.717) is 6.10 Å². The van der Waals surface area contributed by atoms with Crippen LogP contribution in [0.4, 0.5) is 0 Å². The molecular weight excluding hydrogens is 224 g/mol. The standard InChI is InChI=1S/C15H26N2O/c1-2-13-10-18-14(9-17(13)7-1)8-16-15(11-3-4-11)12-5-6-12/h11-16H,1-10H2. The van der Waals surface area contributed by atoms with Crippen LogP contribution in [0.1, 0.15) is 38.5 Å². The molecule has 4 rings (SSSR count). The first-order valence-corrected chi connectivity index (χ1v) is 7.99. The van der Waals surface area contributed by atoms with E-state index in [9.17, 15) is 0 Å². The summed E-state index contributed by atoms with van der Waals surface area (Å²) in [7, 11) is 0. The summed E-state index contributed by atoms with van der Waals surface area (Å²) in [5.41, 5.74) is 0. The molecule has 2 heterocycles. The van der Waals surface area contributed by atoms with Crippen molar-refractivity contribution in [2.24, 2.45) is 11.8 Å².